The number of thioether (sulfide) groups is 1. The van der Waals surface area contributed by atoms with Gasteiger partial charge in [-0.1, -0.05) is 11.2 Å². The van der Waals surface area contributed by atoms with Crippen LogP contribution >= 0.6 is 11.8 Å². The van der Waals surface area contributed by atoms with Crippen molar-refractivity contribution in [2.45, 2.75) is 11.1 Å². The maximum atomic E-state index is 12.4. The van der Waals surface area contributed by atoms with E-state index in [2.05, 4.69) is 5.16 Å². The lowest BCUT2D eigenvalue weighted by Gasteiger charge is -2.24. The minimum atomic E-state index is -4.33. The van der Waals surface area contributed by atoms with E-state index in [0.29, 0.717) is 10.5 Å². The van der Waals surface area contributed by atoms with Gasteiger partial charge in [0.2, 0.25) is 0 Å². The maximum absolute atomic E-state index is 12.4. The van der Waals surface area contributed by atoms with Crippen molar-refractivity contribution in [3.8, 4) is 0 Å². The molecule has 0 radical (unpaired) electrons. The maximum Gasteiger partial charge on any atom is 0.405 e. The largest absolute Gasteiger partial charge is 0.409 e. The zero-order valence-electron chi connectivity index (χ0n) is 10.4. The normalized spacial score (nSPS) is 12.6. The van der Waals surface area contributed by atoms with Gasteiger partial charge >= 0.3 is 6.18 Å². The number of anilines is 1. The molecule has 1 aromatic carbocycles. The monoisotopic (exact) mass is 293 g/mol. The number of halogens is 3. The van der Waals surface area contributed by atoms with Crippen LogP contribution in [0.3, 0.4) is 0 Å². The smallest absolute Gasteiger partial charge is 0.405 e. The summed E-state index contributed by atoms with van der Waals surface area (Å²) in [6.07, 6.45) is -2.57. The first-order valence-corrected chi connectivity index (χ1v) is 6.45. The van der Waals surface area contributed by atoms with Gasteiger partial charge in [0.1, 0.15) is 6.54 Å². The van der Waals surface area contributed by atoms with Gasteiger partial charge in [0.25, 0.3) is 0 Å². The lowest BCUT2D eigenvalue weighted by atomic mass is 10.1. The van der Waals surface area contributed by atoms with Crippen molar-refractivity contribution in [2.75, 3.05) is 24.7 Å². The van der Waals surface area contributed by atoms with E-state index in [1.54, 1.807) is 18.4 Å². The Bertz CT molecular complexity index is 477. The third-order valence-electron chi connectivity index (χ3n) is 2.42. The molecule has 0 aliphatic carbocycles. The molecule has 0 saturated carbocycles. The summed E-state index contributed by atoms with van der Waals surface area (Å²) in [6.45, 7) is -1.11. The molecule has 106 valence electrons. The molecule has 0 unspecified atom stereocenters. The third-order valence-corrected chi connectivity index (χ3v) is 3.20. The first-order chi connectivity index (χ1) is 8.80. The van der Waals surface area contributed by atoms with Crippen LogP contribution in [-0.4, -0.2) is 37.1 Å². The Morgan fingerprint density at radius 2 is 2.11 bits per heavy atom. The fourth-order valence-corrected chi connectivity index (χ4v) is 2.30. The average molecular weight is 293 g/mol. The van der Waals surface area contributed by atoms with Crippen LogP contribution in [0.2, 0.25) is 0 Å². The second kappa shape index (κ2) is 6.05. The van der Waals surface area contributed by atoms with E-state index in [1.165, 1.54) is 24.9 Å². The van der Waals surface area contributed by atoms with Crippen LogP contribution in [0.25, 0.3) is 0 Å². The number of nitrogens with two attached hydrogens (primary N) is 1. The summed E-state index contributed by atoms with van der Waals surface area (Å²) >= 11 is 1.31. The van der Waals surface area contributed by atoms with Crippen molar-refractivity contribution in [3.63, 3.8) is 0 Å². The Morgan fingerprint density at radius 3 is 2.58 bits per heavy atom. The fourth-order valence-electron chi connectivity index (χ4n) is 1.67. The molecule has 8 heteroatoms. The average Bonchev–Trinajstić information content (AvgIpc) is 2.34. The molecule has 19 heavy (non-hydrogen) atoms. The summed E-state index contributed by atoms with van der Waals surface area (Å²) in [6, 6.07) is 4.82. The number of hydrogen-bond acceptors (Lipinski definition) is 4. The standard InChI is InChI=1S/C11H14F3N3OS/c1-17(6-11(12,13)14)7-4-3-5-8(19-2)9(7)10(15)16-18/h3-5,18H,6H2,1-2H3,(H2,15,16). The molecule has 1 rings (SSSR count). The minimum absolute atomic E-state index is 0.214. The van der Waals surface area contributed by atoms with E-state index >= 15 is 0 Å². The van der Waals surface area contributed by atoms with E-state index in [9.17, 15) is 13.2 Å². The molecule has 1 aromatic rings. The van der Waals surface area contributed by atoms with Gasteiger partial charge in [0.05, 0.1) is 5.56 Å². The highest BCUT2D eigenvalue weighted by molar-refractivity contribution is 7.98. The highest BCUT2D eigenvalue weighted by Gasteiger charge is 2.30. The van der Waals surface area contributed by atoms with Crippen molar-refractivity contribution < 1.29 is 18.4 Å². The molecule has 0 heterocycles. The van der Waals surface area contributed by atoms with Crippen LogP contribution in [0.5, 0.6) is 0 Å². The molecule has 0 amide bonds. The molecule has 4 nitrogen and oxygen atoms in total. The lowest BCUT2D eigenvalue weighted by molar-refractivity contribution is -0.119. The Hall–Kier alpha value is -1.57. The Kier molecular flexibility index (Phi) is 4.93. The van der Waals surface area contributed by atoms with Gasteiger partial charge in [-0.25, -0.2) is 0 Å². The molecule has 0 saturated heterocycles. The summed E-state index contributed by atoms with van der Waals surface area (Å²) in [4.78, 5) is 1.66. The quantitative estimate of drug-likeness (QED) is 0.294. The molecule has 0 atom stereocenters. The number of benzene rings is 1. The van der Waals surface area contributed by atoms with Crippen molar-refractivity contribution in [1.82, 2.24) is 0 Å². The predicted molar refractivity (Wildman–Crippen MR) is 70.1 cm³/mol. The van der Waals surface area contributed by atoms with Gasteiger partial charge in [-0.05, 0) is 18.4 Å². The highest BCUT2D eigenvalue weighted by Crippen LogP contribution is 2.30. The summed E-state index contributed by atoms with van der Waals surface area (Å²) < 4.78 is 37.3. The zero-order valence-corrected chi connectivity index (χ0v) is 11.2. The van der Waals surface area contributed by atoms with Crippen LogP contribution in [-0.2, 0) is 0 Å². The van der Waals surface area contributed by atoms with Gasteiger partial charge in [-0.3, -0.25) is 0 Å². The summed E-state index contributed by atoms with van der Waals surface area (Å²) in [5.41, 5.74) is 6.11. The van der Waals surface area contributed by atoms with Gasteiger partial charge < -0.3 is 15.8 Å². The number of rotatable bonds is 4. The molecule has 0 fully saturated rings. The molecule has 0 aromatic heterocycles. The summed E-state index contributed by atoms with van der Waals surface area (Å²) in [7, 11) is 1.31. The molecule has 0 bridgehead atoms. The zero-order chi connectivity index (χ0) is 14.6. The summed E-state index contributed by atoms with van der Waals surface area (Å²) in [5.74, 6) is -0.214. The van der Waals surface area contributed by atoms with E-state index in [-0.39, 0.29) is 11.5 Å². The first-order valence-electron chi connectivity index (χ1n) is 5.23. The first kappa shape index (κ1) is 15.5. The number of amidine groups is 1. The minimum Gasteiger partial charge on any atom is -0.409 e. The number of hydrogen-bond donors (Lipinski definition) is 2. The van der Waals surface area contributed by atoms with Crippen LogP contribution < -0.4 is 10.6 Å². The van der Waals surface area contributed by atoms with Crippen molar-refractivity contribution in [3.05, 3.63) is 23.8 Å². The van der Waals surface area contributed by atoms with E-state index in [4.69, 9.17) is 10.9 Å². The van der Waals surface area contributed by atoms with Crippen LogP contribution in [0.4, 0.5) is 18.9 Å². The molecule has 3 N–H and O–H groups in total. The Morgan fingerprint density at radius 1 is 1.47 bits per heavy atom. The van der Waals surface area contributed by atoms with Crippen molar-refractivity contribution in [2.24, 2.45) is 10.9 Å². The fraction of sp³-hybridized carbons (Fsp3) is 0.364. The number of alkyl halides is 3. The van der Waals surface area contributed by atoms with Crippen molar-refractivity contribution >= 4 is 23.3 Å². The molecule has 0 aliphatic heterocycles. The van der Waals surface area contributed by atoms with E-state index in [0.717, 1.165) is 4.90 Å². The third kappa shape index (κ3) is 3.95. The van der Waals surface area contributed by atoms with Crippen LogP contribution in [0.15, 0.2) is 28.3 Å². The van der Waals surface area contributed by atoms with E-state index < -0.39 is 12.7 Å². The van der Waals surface area contributed by atoms with Gasteiger partial charge in [-0.15, -0.1) is 11.8 Å². The Balaban J connectivity index is 3.27. The van der Waals surface area contributed by atoms with Gasteiger partial charge in [-0.2, -0.15) is 13.2 Å². The van der Waals surface area contributed by atoms with Gasteiger partial charge in [0.15, 0.2) is 5.84 Å². The molecule has 0 aliphatic rings. The SMILES string of the molecule is CSc1cccc(N(C)CC(F)(F)F)c1/C(N)=N/O. The lowest BCUT2D eigenvalue weighted by Crippen LogP contribution is -2.32. The second-order valence-corrected chi connectivity index (χ2v) is 4.66. The summed E-state index contributed by atoms with van der Waals surface area (Å²) in [5, 5.41) is 11.6. The van der Waals surface area contributed by atoms with Gasteiger partial charge in [0, 0.05) is 17.6 Å². The molecular formula is C11H14F3N3OS. The number of nitrogens with zero attached hydrogens (tertiary/aromatic N) is 2. The molecular weight excluding hydrogens is 279 g/mol. The topological polar surface area (TPSA) is 61.8 Å². The molecule has 0 spiro atoms. The number of oxime groups is 1. The van der Waals surface area contributed by atoms with E-state index in [1.807, 2.05) is 0 Å². The highest BCUT2D eigenvalue weighted by atomic mass is 32.2. The second-order valence-electron chi connectivity index (χ2n) is 3.81. The van der Waals surface area contributed by atoms with Crippen molar-refractivity contribution in [1.29, 1.82) is 0 Å². The predicted octanol–water partition coefficient (Wildman–Crippen LogP) is 2.50. The van der Waals surface area contributed by atoms with Crippen LogP contribution in [0, 0.1) is 0 Å². The van der Waals surface area contributed by atoms with Crippen LogP contribution in [0.1, 0.15) is 5.56 Å². The Labute approximate surface area is 113 Å².